The first-order chi connectivity index (χ1) is 10.5. The summed E-state index contributed by atoms with van der Waals surface area (Å²) in [5.74, 6) is 0.171. The van der Waals surface area contributed by atoms with Crippen LogP contribution in [0.1, 0.15) is 38.3 Å². The molecule has 22 heavy (non-hydrogen) atoms. The zero-order valence-electron chi connectivity index (χ0n) is 14.3. The summed E-state index contributed by atoms with van der Waals surface area (Å²) >= 11 is 0. The minimum Gasteiger partial charge on any atom is -0.378 e. The molecule has 1 amide bonds. The fourth-order valence-corrected chi connectivity index (χ4v) is 2.91. The van der Waals surface area contributed by atoms with Crippen LogP contribution in [0.3, 0.4) is 0 Å². The highest BCUT2D eigenvalue weighted by Gasteiger charge is 2.24. The maximum absolute atomic E-state index is 11.9. The number of anilines is 1. The smallest absolute Gasteiger partial charge is 0.222 e. The number of hydrogen-bond acceptors (Lipinski definition) is 3. The lowest BCUT2D eigenvalue weighted by Crippen LogP contribution is -2.38. The molecule has 1 fully saturated rings. The van der Waals surface area contributed by atoms with Crippen molar-refractivity contribution in [3.05, 3.63) is 29.8 Å². The molecule has 1 saturated heterocycles. The van der Waals surface area contributed by atoms with Crippen LogP contribution in [0, 0.1) is 5.92 Å². The molecule has 4 nitrogen and oxygen atoms in total. The summed E-state index contributed by atoms with van der Waals surface area (Å²) in [6.45, 7) is 6.81. The van der Waals surface area contributed by atoms with Crippen LogP contribution >= 0.6 is 0 Å². The molecule has 4 heteroatoms. The van der Waals surface area contributed by atoms with Crippen molar-refractivity contribution in [2.45, 2.75) is 32.7 Å². The van der Waals surface area contributed by atoms with E-state index >= 15 is 0 Å². The van der Waals surface area contributed by atoms with Gasteiger partial charge in [-0.25, -0.2) is 0 Å². The molecule has 1 aliphatic heterocycles. The standard InChI is InChI=1S/C18H29N3O/c1-14(2)18(22)19-13-17(21-11-5-6-12-21)15-7-9-16(10-8-15)20(3)4/h7-10,14,17H,5-6,11-13H2,1-4H3,(H,19,22)/t17-/m0/s1. The quantitative estimate of drug-likeness (QED) is 0.877. The topological polar surface area (TPSA) is 35.6 Å². The summed E-state index contributed by atoms with van der Waals surface area (Å²) in [6.07, 6.45) is 2.51. The number of rotatable bonds is 6. The molecule has 0 aromatic heterocycles. The number of benzene rings is 1. The van der Waals surface area contributed by atoms with Gasteiger partial charge in [-0.15, -0.1) is 0 Å². The van der Waals surface area contributed by atoms with E-state index in [1.807, 2.05) is 13.8 Å². The van der Waals surface area contributed by atoms with E-state index in [-0.39, 0.29) is 17.9 Å². The summed E-state index contributed by atoms with van der Waals surface area (Å²) < 4.78 is 0. The van der Waals surface area contributed by atoms with Gasteiger partial charge in [0.15, 0.2) is 0 Å². The lowest BCUT2D eigenvalue weighted by atomic mass is 10.0. The third kappa shape index (κ3) is 4.23. The third-order valence-electron chi connectivity index (χ3n) is 4.37. The number of carbonyl (C=O) groups is 1. The molecule has 0 saturated carbocycles. The molecular formula is C18H29N3O. The first kappa shape index (κ1) is 16.8. The van der Waals surface area contributed by atoms with Gasteiger partial charge in [0, 0.05) is 32.2 Å². The molecule has 1 aliphatic rings. The van der Waals surface area contributed by atoms with Gasteiger partial charge in [-0.3, -0.25) is 9.69 Å². The minimum absolute atomic E-state index is 0.0374. The summed E-state index contributed by atoms with van der Waals surface area (Å²) in [7, 11) is 4.10. The molecule has 1 heterocycles. The molecule has 2 rings (SSSR count). The summed E-state index contributed by atoms with van der Waals surface area (Å²) in [5, 5.41) is 3.10. The van der Waals surface area contributed by atoms with Gasteiger partial charge in [0.2, 0.25) is 5.91 Å². The van der Waals surface area contributed by atoms with Gasteiger partial charge in [0.1, 0.15) is 0 Å². The predicted octanol–water partition coefficient (Wildman–Crippen LogP) is 2.66. The second kappa shape index (κ2) is 7.63. The highest BCUT2D eigenvalue weighted by molar-refractivity contribution is 5.77. The maximum atomic E-state index is 11.9. The van der Waals surface area contributed by atoms with Gasteiger partial charge < -0.3 is 10.2 Å². The van der Waals surface area contributed by atoms with E-state index in [0.717, 1.165) is 13.1 Å². The average Bonchev–Trinajstić information content (AvgIpc) is 3.01. The molecule has 122 valence electrons. The van der Waals surface area contributed by atoms with Crippen LogP contribution in [-0.4, -0.2) is 44.5 Å². The van der Waals surface area contributed by atoms with Crippen molar-refractivity contribution in [2.75, 3.05) is 38.6 Å². The van der Waals surface area contributed by atoms with E-state index < -0.39 is 0 Å². The van der Waals surface area contributed by atoms with E-state index in [1.165, 1.54) is 24.1 Å². The Morgan fingerprint density at radius 2 is 1.77 bits per heavy atom. The van der Waals surface area contributed by atoms with Crippen molar-refractivity contribution >= 4 is 11.6 Å². The predicted molar refractivity (Wildman–Crippen MR) is 92.2 cm³/mol. The Hall–Kier alpha value is -1.55. The molecule has 1 aromatic carbocycles. The van der Waals surface area contributed by atoms with Crippen molar-refractivity contribution in [1.82, 2.24) is 10.2 Å². The van der Waals surface area contributed by atoms with Gasteiger partial charge in [-0.2, -0.15) is 0 Å². The van der Waals surface area contributed by atoms with Crippen molar-refractivity contribution in [2.24, 2.45) is 5.92 Å². The molecular weight excluding hydrogens is 274 g/mol. The zero-order valence-corrected chi connectivity index (χ0v) is 14.3. The summed E-state index contributed by atoms with van der Waals surface area (Å²) in [6, 6.07) is 8.98. The van der Waals surface area contributed by atoms with E-state index in [9.17, 15) is 4.79 Å². The van der Waals surface area contributed by atoms with Gasteiger partial charge in [0.05, 0.1) is 6.04 Å². The Bertz CT molecular complexity index is 476. The van der Waals surface area contributed by atoms with Crippen molar-refractivity contribution in [3.63, 3.8) is 0 Å². The number of nitrogens with one attached hydrogen (secondary N) is 1. The second-order valence-corrected chi connectivity index (χ2v) is 6.64. The molecule has 1 N–H and O–H groups in total. The van der Waals surface area contributed by atoms with E-state index in [4.69, 9.17) is 0 Å². The number of carbonyl (C=O) groups excluding carboxylic acids is 1. The first-order valence-corrected chi connectivity index (χ1v) is 8.28. The molecule has 0 bridgehead atoms. The van der Waals surface area contributed by atoms with Gasteiger partial charge in [0.25, 0.3) is 0 Å². The lowest BCUT2D eigenvalue weighted by Gasteiger charge is -2.29. The molecule has 1 atom stereocenters. The number of amides is 1. The third-order valence-corrected chi connectivity index (χ3v) is 4.37. The highest BCUT2D eigenvalue weighted by atomic mass is 16.1. The maximum Gasteiger partial charge on any atom is 0.222 e. The summed E-state index contributed by atoms with van der Waals surface area (Å²) in [4.78, 5) is 16.5. The van der Waals surface area contributed by atoms with Crippen LogP contribution in [0.4, 0.5) is 5.69 Å². The fraction of sp³-hybridized carbons (Fsp3) is 0.611. The molecule has 0 radical (unpaired) electrons. The Kier molecular flexibility index (Phi) is 5.83. The molecule has 0 unspecified atom stereocenters. The Balaban J connectivity index is 2.11. The van der Waals surface area contributed by atoms with Gasteiger partial charge in [-0.05, 0) is 43.6 Å². The van der Waals surface area contributed by atoms with Crippen LogP contribution in [0.25, 0.3) is 0 Å². The highest BCUT2D eigenvalue weighted by Crippen LogP contribution is 2.26. The van der Waals surface area contributed by atoms with Crippen LogP contribution in [0.15, 0.2) is 24.3 Å². The molecule has 1 aromatic rings. The monoisotopic (exact) mass is 303 g/mol. The van der Waals surface area contributed by atoms with E-state index in [1.54, 1.807) is 0 Å². The van der Waals surface area contributed by atoms with Gasteiger partial charge in [-0.1, -0.05) is 26.0 Å². The second-order valence-electron chi connectivity index (χ2n) is 6.64. The van der Waals surface area contributed by atoms with Crippen LogP contribution in [-0.2, 0) is 4.79 Å². The zero-order chi connectivity index (χ0) is 16.1. The Morgan fingerprint density at radius 1 is 1.18 bits per heavy atom. The number of likely N-dealkylation sites (tertiary alicyclic amines) is 1. The minimum atomic E-state index is 0.0374. The molecule has 0 aliphatic carbocycles. The molecule has 0 spiro atoms. The number of hydrogen-bond donors (Lipinski definition) is 1. The average molecular weight is 303 g/mol. The van der Waals surface area contributed by atoms with Crippen LogP contribution in [0.2, 0.25) is 0 Å². The normalized spacial score (nSPS) is 16.8. The number of nitrogens with zero attached hydrogens (tertiary/aromatic N) is 2. The SMILES string of the molecule is CC(C)C(=O)NC[C@@H](c1ccc(N(C)C)cc1)N1CCCC1. The Labute approximate surface area is 134 Å². The van der Waals surface area contributed by atoms with Gasteiger partial charge >= 0.3 is 0 Å². The van der Waals surface area contributed by atoms with E-state index in [0.29, 0.717) is 6.54 Å². The first-order valence-electron chi connectivity index (χ1n) is 8.28. The summed E-state index contributed by atoms with van der Waals surface area (Å²) in [5.41, 5.74) is 2.49. The lowest BCUT2D eigenvalue weighted by molar-refractivity contribution is -0.124. The largest absolute Gasteiger partial charge is 0.378 e. The van der Waals surface area contributed by atoms with Crippen molar-refractivity contribution < 1.29 is 4.79 Å². The van der Waals surface area contributed by atoms with Crippen LogP contribution < -0.4 is 10.2 Å². The Morgan fingerprint density at radius 3 is 2.27 bits per heavy atom. The van der Waals surface area contributed by atoms with Crippen LogP contribution in [0.5, 0.6) is 0 Å². The fourth-order valence-electron chi connectivity index (χ4n) is 2.91. The van der Waals surface area contributed by atoms with E-state index in [2.05, 4.69) is 53.5 Å². The van der Waals surface area contributed by atoms with Crippen molar-refractivity contribution in [1.29, 1.82) is 0 Å². The van der Waals surface area contributed by atoms with Crippen molar-refractivity contribution in [3.8, 4) is 0 Å².